The molecule has 0 bridgehead atoms. The summed E-state index contributed by atoms with van der Waals surface area (Å²) in [4.78, 5) is 10.5. The van der Waals surface area contributed by atoms with Crippen LogP contribution in [0, 0.1) is 41.5 Å². The molecule has 0 atom stereocenters. The zero-order valence-corrected chi connectivity index (χ0v) is 37.9. The SMILES string of the molecule is Cc1cc(C)c(B(c2cc(-c3cc(-c4ccccc4)ccn3)cc(-c3cc(-c4c(C(C)C)cccc4C(C)C)cc(-c4ccccc4O)n3)c2)c2c(C)cc(C)cc2C)c(C)c1. The molecule has 8 rings (SSSR count). The highest BCUT2D eigenvalue weighted by molar-refractivity contribution is 6.96. The zero-order chi connectivity index (χ0) is 43.8. The van der Waals surface area contributed by atoms with E-state index in [1.165, 1.54) is 66.5 Å². The molecule has 3 nitrogen and oxygen atoms in total. The van der Waals surface area contributed by atoms with Crippen LogP contribution >= 0.6 is 0 Å². The summed E-state index contributed by atoms with van der Waals surface area (Å²) >= 11 is 0. The van der Waals surface area contributed by atoms with Gasteiger partial charge in [0.05, 0.1) is 17.1 Å². The molecular formula is C58H57BN2O. The molecule has 0 unspecified atom stereocenters. The lowest BCUT2D eigenvalue weighted by atomic mass is 9.34. The molecule has 0 saturated carbocycles. The average Bonchev–Trinajstić information content (AvgIpc) is 3.25. The van der Waals surface area contributed by atoms with Gasteiger partial charge >= 0.3 is 0 Å². The Morgan fingerprint density at radius 1 is 0.452 bits per heavy atom. The van der Waals surface area contributed by atoms with Crippen LogP contribution in [0.25, 0.3) is 56.0 Å². The second-order valence-corrected chi connectivity index (χ2v) is 18.0. The van der Waals surface area contributed by atoms with Crippen molar-refractivity contribution in [1.29, 1.82) is 0 Å². The van der Waals surface area contributed by atoms with Gasteiger partial charge in [-0.3, -0.25) is 4.98 Å². The lowest BCUT2D eigenvalue weighted by Gasteiger charge is -2.26. The monoisotopic (exact) mass is 808 g/mol. The lowest BCUT2D eigenvalue weighted by Crippen LogP contribution is -2.56. The molecule has 62 heavy (non-hydrogen) atoms. The minimum atomic E-state index is -0.0674. The number of aromatic hydroxyl groups is 1. The summed E-state index contributed by atoms with van der Waals surface area (Å²) in [5.41, 5.74) is 23.8. The Morgan fingerprint density at radius 2 is 0.968 bits per heavy atom. The number of aromatic nitrogens is 2. The Bertz CT molecular complexity index is 2820. The van der Waals surface area contributed by atoms with Crippen molar-refractivity contribution in [2.45, 2.75) is 81.1 Å². The molecule has 0 aliphatic heterocycles. The number of aryl methyl sites for hydroxylation is 6. The van der Waals surface area contributed by atoms with E-state index in [2.05, 4.69) is 184 Å². The maximum absolute atomic E-state index is 11.3. The highest BCUT2D eigenvalue weighted by Crippen LogP contribution is 2.40. The van der Waals surface area contributed by atoms with E-state index in [1.807, 2.05) is 24.4 Å². The van der Waals surface area contributed by atoms with Crippen molar-refractivity contribution in [2.75, 3.05) is 0 Å². The van der Waals surface area contributed by atoms with Crippen LogP contribution in [-0.4, -0.2) is 21.8 Å². The largest absolute Gasteiger partial charge is 0.507 e. The first kappa shape index (κ1) is 42.2. The summed E-state index contributed by atoms with van der Waals surface area (Å²) in [7, 11) is 0. The quantitative estimate of drug-likeness (QED) is 0.140. The molecule has 8 aromatic rings. The number of para-hydroxylation sites is 1. The fourth-order valence-electron chi connectivity index (χ4n) is 9.82. The van der Waals surface area contributed by atoms with Crippen LogP contribution in [0.2, 0.25) is 0 Å². The van der Waals surface area contributed by atoms with Gasteiger partial charge in [0.25, 0.3) is 0 Å². The number of phenols is 1. The van der Waals surface area contributed by atoms with Crippen LogP contribution < -0.4 is 16.4 Å². The van der Waals surface area contributed by atoms with Gasteiger partial charge in [-0.2, -0.15) is 0 Å². The molecule has 1 N–H and O–H groups in total. The van der Waals surface area contributed by atoms with Crippen molar-refractivity contribution in [3.05, 3.63) is 190 Å². The first-order valence-electron chi connectivity index (χ1n) is 22.0. The van der Waals surface area contributed by atoms with E-state index in [4.69, 9.17) is 9.97 Å². The van der Waals surface area contributed by atoms with E-state index < -0.39 is 0 Å². The van der Waals surface area contributed by atoms with Crippen LogP contribution in [0.3, 0.4) is 0 Å². The van der Waals surface area contributed by atoms with Gasteiger partial charge in [-0.25, -0.2) is 4.98 Å². The number of hydrogen-bond donors (Lipinski definition) is 1. The van der Waals surface area contributed by atoms with Crippen molar-refractivity contribution in [3.8, 4) is 61.8 Å². The molecule has 2 aromatic heterocycles. The molecule has 2 heterocycles. The highest BCUT2D eigenvalue weighted by Gasteiger charge is 2.30. The van der Waals surface area contributed by atoms with E-state index in [0.29, 0.717) is 17.4 Å². The first-order valence-corrected chi connectivity index (χ1v) is 22.0. The van der Waals surface area contributed by atoms with Crippen molar-refractivity contribution < 1.29 is 5.11 Å². The number of pyridine rings is 2. The number of nitrogens with zero attached hydrogens (tertiary/aromatic N) is 2. The molecular weight excluding hydrogens is 751 g/mol. The van der Waals surface area contributed by atoms with Gasteiger partial charge in [0.2, 0.25) is 6.71 Å². The van der Waals surface area contributed by atoms with E-state index in [-0.39, 0.29) is 12.5 Å². The van der Waals surface area contributed by atoms with Gasteiger partial charge < -0.3 is 5.11 Å². The standard InChI is InChI=1S/C58H57BN2O/c1-35(2)49-20-16-21-50(36(3)4)56(49)47-33-53(61-54(34-47)51-19-14-15-22-55(51)62)46-29-45(52-32-44(23-24-60-52)43-17-12-11-13-18-43)30-48(31-46)59(57-39(7)25-37(5)26-40(57)8)58-41(9)27-38(6)28-42(58)10/h11-36,62H,1-10H3. The summed E-state index contributed by atoms with van der Waals surface area (Å²) in [6, 6.07) is 49.8. The fraction of sp³-hybridized carbons (Fsp3) is 0.207. The topological polar surface area (TPSA) is 46.0 Å². The molecule has 0 spiro atoms. The van der Waals surface area contributed by atoms with Gasteiger partial charge in [-0.05, 0) is 129 Å². The normalized spacial score (nSPS) is 11.4. The third-order valence-corrected chi connectivity index (χ3v) is 12.5. The van der Waals surface area contributed by atoms with E-state index >= 15 is 0 Å². The second kappa shape index (κ2) is 17.5. The van der Waals surface area contributed by atoms with Crippen molar-refractivity contribution in [1.82, 2.24) is 9.97 Å². The number of hydrogen-bond acceptors (Lipinski definition) is 3. The van der Waals surface area contributed by atoms with Gasteiger partial charge in [0.15, 0.2) is 0 Å². The Labute approximate surface area is 369 Å². The summed E-state index contributed by atoms with van der Waals surface area (Å²) in [5.74, 6) is 0.806. The maximum atomic E-state index is 11.3. The van der Waals surface area contributed by atoms with Crippen LogP contribution in [0.15, 0.2) is 146 Å². The van der Waals surface area contributed by atoms with E-state index in [0.717, 1.165) is 44.9 Å². The maximum Gasteiger partial charge on any atom is 0.242 e. The van der Waals surface area contributed by atoms with Gasteiger partial charge in [-0.15, -0.1) is 0 Å². The van der Waals surface area contributed by atoms with Crippen LogP contribution in [0.4, 0.5) is 0 Å². The Balaban J connectivity index is 1.48. The molecule has 308 valence electrons. The molecule has 6 aromatic carbocycles. The molecule has 4 heteroatoms. The fourth-order valence-corrected chi connectivity index (χ4v) is 9.82. The summed E-state index contributed by atoms with van der Waals surface area (Å²) in [5, 5.41) is 11.3. The van der Waals surface area contributed by atoms with Crippen LogP contribution in [0.5, 0.6) is 5.75 Å². The molecule has 0 radical (unpaired) electrons. The number of benzene rings is 6. The predicted molar refractivity (Wildman–Crippen MR) is 265 cm³/mol. The van der Waals surface area contributed by atoms with E-state index in [1.54, 1.807) is 6.07 Å². The lowest BCUT2D eigenvalue weighted by molar-refractivity contribution is 0.477. The zero-order valence-electron chi connectivity index (χ0n) is 37.9. The third-order valence-electron chi connectivity index (χ3n) is 12.5. The van der Waals surface area contributed by atoms with Crippen LogP contribution in [0.1, 0.15) is 84.0 Å². The molecule has 0 aliphatic carbocycles. The Morgan fingerprint density at radius 3 is 1.53 bits per heavy atom. The van der Waals surface area contributed by atoms with E-state index in [9.17, 15) is 5.11 Å². The molecule has 0 amide bonds. The molecule has 0 saturated heterocycles. The minimum Gasteiger partial charge on any atom is -0.507 e. The molecule has 0 aliphatic rings. The first-order chi connectivity index (χ1) is 29.8. The highest BCUT2D eigenvalue weighted by atomic mass is 16.3. The Hall–Kier alpha value is -6.52. The van der Waals surface area contributed by atoms with Gasteiger partial charge in [0, 0.05) is 22.9 Å². The van der Waals surface area contributed by atoms with Gasteiger partial charge in [-0.1, -0.05) is 175 Å². The predicted octanol–water partition coefficient (Wildman–Crippen LogP) is 13.1. The van der Waals surface area contributed by atoms with Crippen molar-refractivity contribution in [2.24, 2.45) is 0 Å². The minimum absolute atomic E-state index is 0.0674. The summed E-state index contributed by atoms with van der Waals surface area (Å²) < 4.78 is 0. The summed E-state index contributed by atoms with van der Waals surface area (Å²) in [6.45, 7) is 22.4. The van der Waals surface area contributed by atoms with Gasteiger partial charge in [0.1, 0.15) is 5.75 Å². The smallest absolute Gasteiger partial charge is 0.242 e. The Kier molecular flexibility index (Phi) is 11.9. The van der Waals surface area contributed by atoms with Crippen molar-refractivity contribution in [3.63, 3.8) is 0 Å². The van der Waals surface area contributed by atoms with Crippen molar-refractivity contribution >= 4 is 23.1 Å². The average molecular weight is 809 g/mol. The molecule has 0 fully saturated rings. The van der Waals surface area contributed by atoms with Crippen LogP contribution in [-0.2, 0) is 0 Å². The number of phenolic OH excluding ortho intramolecular Hbond substituents is 1. The second-order valence-electron chi connectivity index (χ2n) is 18.0. The summed E-state index contributed by atoms with van der Waals surface area (Å²) in [6.07, 6.45) is 1.93. The number of rotatable bonds is 10. The third kappa shape index (κ3) is 8.39.